The lowest BCUT2D eigenvalue weighted by Crippen LogP contribution is -2.43. The number of carbonyl (C=O) groups excluding carboxylic acids is 3. The first-order valence-corrected chi connectivity index (χ1v) is 10.6. The first-order chi connectivity index (χ1) is 15.0. The van der Waals surface area contributed by atoms with Crippen molar-refractivity contribution in [2.75, 3.05) is 17.3 Å². The molecule has 1 atom stereocenters. The molecule has 1 N–H and O–H groups in total. The van der Waals surface area contributed by atoms with Crippen LogP contribution in [-0.4, -0.2) is 41.9 Å². The van der Waals surface area contributed by atoms with Crippen molar-refractivity contribution in [1.29, 1.82) is 0 Å². The first kappa shape index (κ1) is 20.9. The number of hydrogen-bond acceptors (Lipinski definition) is 4. The third-order valence-corrected chi connectivity index (χ3v) is 5.98. The molecule has 0 unspecified atom stereocenters. The molecule has 7 nitrogen and oxygen atoms in total. The molecule has 2 aromatic carbocycles. The fourth-order valence-electron chi connectivity index (χ4n) is 4.46. The van der Waals surface area contributed by atoms with Crippen LogP contribution in [0.5, 0.6) is 5.75 Å². The van der Waals surface area contributed by atoms with Crippen LogP contribution in [0.25, 0.3) is 0 Å². The van der Waals surface area contributed by atoms with Gasteiger partial charge in [0.1, 0.15) is 11.8 Å². The monoisotopic (exact) mass is 421 g/mol. The predicted molar refractivity (Wildman–Crippen MR) is 118 cm³/mol. The third kappa shape index (κ3) is 4.26. The minimum absolute atomic E-state index is 0.00922. The van der Waals surface area contributed by atoms with Crippen molar-refractivity contribution in [3.05, 3.63) is 54.1 Å². The Morgan fingerprint density at radius 2 is 1.81 bits per heavy atom. The normalized spacial score (nSPS) is 19.2. The molecule has 2 aromatic rings. The average molecular weight is 421 g/mol. The first-order valence-electron chi connectivity index (χ1n) is 10.6. The molecular formula is C24H27N3O4. The van der Waals surface area contributed by atoms with Gasteiger partial charge in [0.15, 0.2) is 0 Å². The van der Waals surface area contributed by atoms with Gasteiger partial charge in [-0.3, -0.25) is 9.59 Å². The minimum Gasteiger partial charge on any atom is -0.497 e. The number of amides is 4. The minimum atomic E-state index is -0.797. The average Bonchev–Trinajstić information content (AvgIpc) is 3.35. The van der Waals surface area contributed by atoms with Crippen LogP contribution in [0.15, 0.2) is 48.5 Å². The van der Waals surface area contributed by atoms with Crippen LogP contribution >= 0.6 is 0 Å². The standard InChI is InChI=1S/C24H27N3O4/c1-16-6-5-9-19(14-16)27-23(29)21(26(24(27)30)18-7-3-4-8-18)15-22(28)25-17-10-12-20(31-2)13-11-17/h5-6,9-14,18,21H,3-4,7-8,15H2,1-2H3,(H,25,28)/t21-/m1/s1. The topological polar surface area (TPSA) is 79.0 Å². The van der Waals surface area contributed by atoms with E-state index >= 15 is 0 Å². The molecule has 4 rings (SSSR count). The van der Waals surface area contributed by atoms with Gasteiger partial charge in [-0.15, -0.1) is 0 Å². The van der Waals surface area contributed by atoms with E-state index in [2.05, 4.69) is 5.32 Å². The molecule has 0 aromatic heterocycles. The van der Waals surface area contributed by atoms with E-state index in [0.717, 1.165) is 31.2 Å². The number of nitrogens with zero attached hydrogens (tertiary/aromatic N) is 2. The van der Waals surface area contributed by atoms with E-state index in [1.807, 2.05) is 25.1 Å². The number of imide groups is 1. The van der Waals surface area contributed by atoms with E-state index < -0.39 is 6.04 Å². The summed E-state index contributed by atoms with van der Waals surface area (Å²) in [6.45, 7) is 1.92. The Labute approximate surface area is 182 Å². The van der Waals surface area contributed by atoms with Gasteiger partial charge in [-0.1, -0.05) is 25.0 Å². The Morgan fingerprint density at radius 1 is 1.10 bits per heavy atom. The second-order valence-corrected chi connectivity index (χ2v) is 8.14. The molecule has 0 spiro atoms. The lowest BCUT2D eigenvalue weighted by molar-refractivity contribution is -0.124. The van der Waals surface area contributed by atoms with Crippen molar-refractivity contribution >= 4 is 29.2 Å². The van der Waals surface area contributed by atoms with Crippen molar-refractivity contribution in [2.45, 2.75) is 51.1 Å². The zero-order chi connectivity index (χ0) is 22.0. The van der Waals surface area contributed by atoms with Gasteiger partial charge in [0, 0.05) is 11.7 Å². The van der Waals surface area contributed by atoms with Crippen molar-refractivity contribution < 1.29 is 19.1 Å². The highest BCUT2D eigenvalue weighted by Gasteiger charge is 2.49. The molecule has 1 saturated heterocycles. The summed E-state index contributed by atoms with van der Waals surface area (Å²) in [6, 6.07) is 13.2. The van der Waals surface area contributed by atoms with Crippen molar-refractivity contribution in [3.63, 3.8) is 0 Å². The molecule has 0 radical (unpaired) electrons. The third-order valence-electron chi connectivity index (χ3n) is 5.98. The van der Waals surface area contributed by atoms with Crippen LogP contribution in [0.3, 0.4) is 0 Å². The zero-order valence-electron chi connectivity index (χ0n) is 17.8. The van der Waals surface area contributed by atoms with Gasteiger partial charge in [-0.05, 0) is 61.7 Å². The second kappa shape index (κ2) is 8.79. The van der Waals surface area contributed by atoms with Crippen molar-refractivity contribution in [2.24, 2.45) is 0 Å². The van der Waals surface area contributed by atoms with E-state index in [4.69, 9.17) is 4.74 Å². The molecule has 4 amide bonds. The van der Waals surface area contributed by atoms with E-state index in [-0.39, 0.29) is 30.3 Å². The summed E-state index contributed by atoms with van der Waals surface area (Å²) >= 11 is 0. The molecule has 31 heavy (non-hydrogen) atoms. The second-order valence-electron chi connectivity index (χ2n) is 8.14. The van der Waals surface area contributed by atoms with Crippen LogP contribution in [0.2, 0.25) is 0 Å². The van der Waals surface area contributed by atoms with Crippen LogP contribution in [-0.2, 0) is 9.59 Å². The molecule has 1 aliphatic carbocycles. The van der Waals surface area contributed by atoms with Crippen molar-refractivity contribution in [1.82, 2.24) is 4.90 Å². The molecule has 1 heterocycles. The van der Waals surface area contributed by atoms with E-state index in [1.165, 1.54) is 4.90 Å². The van der Waals surface area contributed by atoms with Gasteiger partial charge in [-0.2, -0.15) is 0 Å². The van der Waals surface area contributed by atoms with E-state index in [0.29, 0.717) is 17.1 Å². The van der Waals surface area contributed by atoms with Gasteiger partial charge in [-0.25, -0.2) is 9.69 Å². The molecule has 7 heteroatoms. The number of hydrogen-bond donors (Lipinski definition) is 1. The molecule has 0 bridgehead atoms. The van der Waals surface area contributed by atoms with E-state index in [1.54, 1.807) is 42.3 Å². The molecule has 1 aliphatic heterocycles. The quantitative estimate of drug-likeness (QED) is 0.712. The summed E-state index contributed by atoms with van der Waals surface area (Å²) in [5, 5.41) is 2.83. The van der Waals surface area contributed by atoms with Crippen LogP contribution in [0.4, 0.5) is 16.2 Å². The number of anilines is 2. The Hall–Kier alpha value is -3.35. The summed E-state index contributed by atoms with van der Waals surface area (Å²) in [7, 11) is 1.58. The predicted octanol–water partition coefficient (Wildman–Crippen LogP) is 4.11. The highest BCUT2D eigenvalue weighted by Crippen LogP contribution is 2.34. The van der Waals surface area contributed by atoms with Gasteiger partial charge >= 0.3 is 6.03 Å². The maximum Gasteiger partial charge on any atom is 0.332 e. The Morgan fingerprint density at radius 3 is 2.45 bits per heavy atom. The molecule has 162 valence electrons. The van der Waals surface area contributed by atoms with Crippen LogP contribution in [0.1, 0.15) is 37.7 Å². The summed E-state index contributed by atoms with van der Waals surface area (Å²) in [5.41, 5.74) is 2.13. The number of ether oxygens (including phenoxy) is 1. The number of methoxy groups -OCH3 is 1. The zero-order valence-corrected chi connectivity index (χ0v) is 17.8. The SMILES string of the molecule is COc1ccc(NC(=O)C[C@@H]2C(=O)N(c3cccc(C)c3)C(=O)N2C2CCCC2)cc1. The Kier molecular flexibility index (Phi) is 5.93. The van der Waals surface area contributed by atoms with Crippen LogP contribution in [0, 0.1) is 6.92 Å². The van der Waals surface area contributed by atoms with Gasteiger partial charge < -0.3 is 15.0 Å². The summed E-state index contributed by atoms with van der Waals surface area (Å²) in [6.07, 6.45) is 3.69. The fourth-order valence-corrected chi connectivity index (χ4v) is 4.46. The maximum absolute atomic E-state index is 13.3. The van der Waals surface area contributed by atoms with Crippen LogP contribution < -0.4 is 15.0 Å². The summed E-state index contributed by atoms with van der Waals surface area (Å²) in [5.74, 6) is 0.0496. The molecule has 1 saturated carbocycles. The fraction of sp³-hybridized carbons (Fsp3) is 0.375. The number of nitrogens with one attached hydrogen (secondary N) is 1. The smallest absolute Gasteiger partial charge is 0.332 e. The lowest BCUT2D eigenvalue weighted by Gasteiger charge is -2.27. The van der Waals surface area contributed by atoms with Gasteiger partial charge in [0.25, 0.3) is 5.91 Å². The summed E-state index contributed by atoms with van der Waals surface area (Å²) in [4.78, 5) is 42.3. The highest BCUT2D eigenvalue weighted by molar-refractivity contribution is 6.22. The molecule has 2 fully saturated rings. The number of aryl methyl sites for hydroxylation is 1. The van der Waals surface area contributed by atoms with Gasteiger partial charge in [0.2, 0.25) is 5.91 Å². The lowest BCUT2D eigenvalue weighted by atomic mass is 10.1. The van der Waals surface area contributed by atoms with E-state index in [9.17, 15) is 14.4 Å². The number of rotatable bonds is 6. The number of carbonyl (C=O) groups is 3. The molecular weight excluding hydrogens is 394 g/mol. The maximum atomic E-state index is 13.3. The van der Waals surface area contributed by atoms with Crippen molar-refractivity contribution in [3.8, 4) is 5.75 Å². The number of benzene rings is 2. The number of urea groups is 1. The largest absolute Gasteiger partial charge is 0.497 e. The highest BCUT2D eigenvalue weighted by atomic mass is 16.5. The Balaban J connectivity index is 1.56. The Bertz CT molecular complexity index is 983. The summed E-state index contributed by atoms with van der Waals surface area (Å²) < 4.78 is 5.13. The molecule has 2 aliphatic rings. The van der Waals surface area contributed by atoms with Gasteiger partial charge in [0.05, 0.1) is 19.2 Å².